The zero-order valence-corrected chi connectivity index (χ0v) is 17.0. The highest BCUT2D eigenvalue weighted by atomic mass is 35.5. The Labute approximate surface area is 169 Å². The van der Waals surface area contributed by atoms with Gasteiger partial charge < -0.3 is 18.8 Å². The van der Waals surface area contributed by atoms with Crippen LogP contribution in [-0.4, -0.2) is 37.8 Å². The summed E-state index contributed by atoms with van der Waals surface area (Å²) in [5, 5.41) is 0.306. The van der Waals surface area contributed by atoms with E-state index in [1.807, 2.05) is 0 Å². The number of hydrogen-bond donors (Lipinski definition) is 0. The van der Waals surface area contributed by atoms with Crippen LogP contribution < -0.4 is 14.3 Å². The number of hydrogen-bond acceptors (Lipinski definition) is 6. The molecule has 9 heteroatoms. The summed E-state index contributed by atoms with van der Waals surface area (Å²) in [4.78, 5) is 29.1. The predicted octanol–water partition coefficient (Wildman–Crippen LogP) is 3.29. The molecule has 0 bridgehead atoms. The Kier molecular flexibility index (Phi) is 6.01. The zero-order chi connectivity index (χ0) is 20.3. The topological polar surface area (TPSA) is 79.1 Å². The molecule has 0 aliphatic rings. The van der Waals surface area contributed by atoms with Crippen LogP contribution in [0.25, 0.3) is 10.2 Å². The Bertz CT molecular complexity index is 1120. The van der Waals surface area contributed by atoms with Gasteiger partial charge in [-0.05, 0) is 12.1 Å². The number of esters is 1. The molecule has 0 unspecified atom stereocenters. The number of thiazole rings is 1. The van der Waals surface area contributed by atoms with Crippen LogP contribution in [-0.2, 0) is 16.1 Å². The molecular formula is C19H17ClN2O5S. The van der Waals surface area contributed by atoms with Gasteiger partial charge in [-0.1, -0.05) is 35.1 Å². The summed E-state index contributed by atoms with van der Waals surface area (Å²) in [6, 6.07) is 10.1. The van der Waals surface area contributed by atoms with E-state index in [1.165, 1.54) is 32.7 Å². The first-order valence-corrected chi connectivity index (χ1v) is 9.33. The van der Waals surface area contributed by atoms with Crippen molar-refractivity contribution in [2.75, 3.05) is 21.3 Å². The summed E-state index contributed by atoms with van der Waals surface area (Å²) in [7, 11) is 4.35. The Balaban J connectivity index is 2.22. The van der Waals surface area contributed by atoms with E-state index in [9.17, 15) is 9.59 Å². The normalized spacial score (nSPS) is 11.5. The van der Waals surface area contributed by atoms with E-state index in [1.54, 1.807) is 41.0 Å². The maximum Gasteiger partial charge on any atom is 0.325 e. The highest BCUT2D eigenvalue weighted by molar-refractivity contribution is 7.16. The molecule has 1 aromatic heterocycles. The second kappa shape index (κ2) is 8.45. The fraction of sp³-hybridized carbons (Fsp3) is 0.211. The first-order valence-electron chi connectivity index (χ1n) is 8.14. The van der Waals surface area contributed by atoms with Gasteiger partial charge in [0.25, 0.3) is 5.91 Å². The molecule has 0 atom stereocenters. The Morgan fingerprint density at radius 3 is 2.43 bits per heavy atom. The maximum atomic E-state index is 12.6. The molecule has 7 nitrogen and oxygen atoms in total. The molecule has 0 radical (unpaired) electrons. The third-order valence-electron chi connectivity index (χ3n) is 4.00. The van der Waals surface area contributed by atoms with Gasteiger partial charge in [-0.3, -0.25) is 9.59 Å². The summed E-state index contributed by atoms with van der Waals surface area (Å²) < 4.78 is 17.8. The molecule has 0 aliphatic carbocycles. The van der Waals surface area contributed by atoms with Gasteiger partial charge >= 0.3 is 5.97 Å². The number of ether oxygens (including phenoxy) is 3. The molecule has 1 heterocycles. The minimum atomic E-state index is -0.505. The standard InChI is InChI=1S/C19H17ClN2O5S/c1-25-14-8-13-16(9-15(14)26-2)28-19(22(13)10-17(23)27-3)21-18(24)11-6-4-5-7-12(11)20/h4-9H,10H2,1-3H3. The van der Waals surface area contributed by atoms with Crippen LogP contribution in [0.4, 0.5) is 0 Å². The number of methoxy groups -OCH3 is 3. The molecule has 0 saturated heterocycles. The Morgan fingerprint density at radius 2 is 1.79 bits per heavy atom. The minimum Gasteiger partial charge on any atom is -0.493 e. The number of carbonyl (C=O) groups is 2. The van der Waals surface area contributed by atoms with Crippen LogP contribution in [0.15, 0.2) is 41.4 Å². The van der Waals surface area contributed by atoms with Crippen LogP contribution in [0.3, 0.4) is 0 Å². The van der Waals surface area contributed by atoms with Gasteiger partial charge in [-0.25, -0.2) is 0 Å². The van der Waals surface area contributed by atoms with E-state index in [0.29, 0.717) is 26.8 Å². The molecular weight excluding hydrogens is 404 g/mol. The summed E-state index contributed by atoms with van der Waals surface area (Å²) in [6.07, 6.45) is 0. The third-order valence-corrected chi connectivity index (χ3v) is 5.38. The molecule has 3 rings (SSSR count). The number of carbonyl (C=O) groups excluding carboxylic acids is 2. The largest absolute Gasteiger partial charge is 0.493 e. The van der Waals surface area contributed by atoms with E-state index in [2.05, 4.69) is 4.99 Å². The van der Waals surface area contributed by atoms with Crippen LogP contribution in [0.1, 0.15) is 10.4 Å². The van der Waals surface area contributed by atoms with Crippen molar-refractivity contribution < 1.29 is 23.8 Å². The summed E-state index contributed by atoms with van der Waals surface area (Å²) >= 11 is 7.34. The van der Waals surface area contributed by atoms with Gasteiger partial charge in [0.1, 0.15) is 6.54 Å². The first-order chi connectivity index (χ1) is 13.5. The lowest BCUT2D eigenvalue weighted by Crippen LogP contribution is -2.22. The molecule has 28 heavy (non-hydrogen) atoms. The molecule has 0 saturated carbocycles. The van der Waals surface area contributed by atoms with Crippen molar-refractivity contribution in [3.63, 3.8) is 0 Å². The van der Waals surface area contributed by atoms with Crippen molar-refractivity contribution in [1.29, 1.82) is 0 Å². The second-order valence-corrected chi connectivity index (χ2v) is 7.03. The zero-order valence-electron chi connectivity index (χ0n) is 15.4. The van der Waals surface area contributed by atoms with Crippen molar-refractivity contribution in [2.24, 2.45) is 4.99 Å². The Morgan fingerprint density at radius 1 is 1.11 bits per heavy atom. The van der Waals surface area contributed by atoms with Gasteiger partial charge in [0.05, 0.1) is 42.1 Å². The van der Waals surface area contributed by atoms with E-state index < -0.39 is 11.9 Å². The SMILES string of the molecule is COC(=O)Cn1c(=NC(=O)c2ccccc2Cl)sc2cc(OC)c(OC)cc21. The molecule has 146 valence electrons. The highest BCUT2D eigenvalue weighted by Gasteiger charge is 2.16. The van der Waals surface area contributed by atoms with Crippen LogP contribution in [0.5, 0.6) is 11.5 Å². The molecule has 0 aliphatic heterocycles. The summed E-state index contributed by atoms with van der Waals surface area (Å²) in [6.45, 7) is -0.110. The van der Waals surface area contributed by atoms with E-state index in [-0.39, 0.29) is 12.1 Å². The van der Waals surface area contributed by atoms with Crippen LogP contribution >= 0.6 is 22.9 Å². The number of rotatable bonds is 5. The van der Waals surface area contributed by atoms with Crippen molar-refractivity contribution in [2.45, 2.75) is 6.54 Å². The Hall–Kier alpha value is -2.84. The second-order valence-electron chi connectivity index (χ2n) is 5.62. The smallest absolute Gasteiger partial charge is 0.325 e. The molecule has 2 aromatic carbocycles. The monoisotopic (exact) mass is 420 g/mol. The number of nitrogens with zero attached hydrogens (tertiary/aromatic N) is 2. The molecule has 0 N–H and O–H groups in total. The average molecular weight is 421 g/mol. The van der Waals surface area contributed by atoms with Gasteiger partial charge in [-0.2, -0.15) is 4.99 Å². The first kappa shape index (κ1) is 19.9. The predicted molar refractivity (Wildman–Crippen MR) is 106 cm³/mol. The quantitative estimate of drug-likeness (QED) is 0.592. The fourth-order valence-electron chi connectivity index (χ4n) is 2.61. The number of fused-ring (bicyclic) bond motifs is 1. The minimum absolute atomic E-state index is 0.110. The number of aromatic nitrogens is 1. The fourth-order valence-corrected chi connectivity index (χ4v) is 3.86. The number of halogens is 1. The van der Waals surface area contributed by atoms with E-state index in [4.69, 9.17) is 25.8 Å². The number of amides is 1. The molecule has 1 amide bonds. The van der Waals surface area contributed by atoms with Crippen molar-refractivity contribution >= 4 is 45.0 Å². The molecule has 0 spiro atoms. The summed E-state index contributed by atoms with van der Waals surface area (Å²) in [5.41, 5.74) is 0.945. The van der Waals surface area contributed by atoms with Gasteiger partial charge in [0, 0.05) is 12.1 Å². The van der Waals surface area contributed by atoms with Crippen LogP contribution in [0.2, 0.25) is 5.02 Å². The van der Waals surface area contributed by atoms with Gasteiger partial charge in [0.2, 0.25) is 0 Å². The van der Waals surface area contributed by atoms with E-state index >= 15 is 0 Å². The lowest BCUT2D eigenvalue weighted by molar-refractivity contribution is -0.141. The van der Waals surface area contributed by atoms with Gasteiger partial charge in [0.15, 0.2) is 16.3 Å². The van der Waals surface area contributed by atoms with Crippen molar-refractivity contribution in [3.05, 3.63) is 51.8 Å². The lowest BCUT2D eigenvalue weighted by atomic mass is 10.2. The maximum absolute atomic E-state index is 12.6. The van der Waals surface area contributed by atoms with Crippen molar-refractivity contribution in [3.8, 4) is 11.5 Å². The van der Waals surface area contributed by atoms with E-state index in [0.717, 1.165) is 4.70 Å². The lowest BCUT2D eigenvalue weighted by Gasteiger charge is -2.09. The van der Waals surface area contributed by atoms with Crippen molar-refractivity contribution in [1.82, 2.24) is 4.57 Å². The van der Waals surface area contributed by atoms with Gasteiger partial charge in [-0.15, -0.1) is 0 Å². The number of benzene rings is 2. The average Bonchev–Trinajstić information content (AvgIpc) is 3.02. The molecule has 3 aromatic rings. The van der Waals surface area contributed by atoms with Crippen LogP contribution in [0, 0.1) is 0 Å². The molecule has 0 fully saturated rings. The third kappa shape index (κ3) is 3.88. The summed E-state index contributed by atoms with van der Waals surface area (Å²) in [5.74, 6) is 0.0525. The highest BCUT2D eigenvalue weighted by Crippen LogP contribution is 2.33.